The molecule has 16 heavy (non-hydrogen) atoms. The number of ether oxygens (including phenoxy) is 1. The number of rotatable bonds is 2. The van der Waals surface area contributed by atoms with Crippen molar-refractivity contribution < 1.29 is 29.0 Å². The van der Waals surface area contributed by atoms with Gasteiger partial charge in [-0.1, -0.05) is 0 Å². The van der Waals surface area contributed by atoms with Crippen LogP contribution < -0.4 is 0 Å². The molecule has 2 rings (SSSR count). The van der Waals surface area contributed by atoms with Crippen molar-refractivity contribution in [1.82, 2.24) is 0 Å². The molecule has 0 aromatic carbocycles. The maximum absolute atomic E-state index is 11.6. The maximum atomic E-state index is 11.6. The van der Waals surface area contributed by atoms with Crippen LogP contribution >= 0.6 is 0 Å². The molecule has 2 fully saturated rings. The number of carboxylic acid groups (broad SMARTS) is 1. The average Bonchev–Trinajstić information content (AvgIpc) is 2.69. The van der Waals surface area contributed by atoms with Gasteiger partial charge in [0.15, 0.2) is 0 Å². The molecule has 2 aliphatic rings. The average molecular weight is 226 g/mol. The highest BCUT2D eigenvalue weighted by atomic mass is 16.6. The standard InChI is InChI=1S/C10H10O6/c11-4-5-1-6(8(13)14)10(2-5)3-7(12)16-9(10)15/h4-6H,1-3H2,(H,13,14). The molecule has 6 heteroatoms. The molecule has 1 aliphatic carbocycles. The van der Waals surface area contributed by atoms with Crippen LogP contribution in [0.4, 0.5) is 0 Å². The summed E-state index contributed by atoms with van der Waals surface area (Å²) in [4.78, 5) is 44.3. The van der Waals surface area contributed by atoms with Crippen molar-refractivity contribution in [3.63, 3.8) is 0 Å². The Labute approximate surface area is 90.6 Å². The highest BCUT2D eigenvalue weighted by Crippen LogP contribution is 2.52. The van der Waals surface area contributed by atoms with Crippen LogP contribution in [-0.2, 0) is 23.9 Å². The molecular formula is C10H10O6. The topological polar surface area (TPSA) is 97.7 Å². The van der Waals surface area contributed by atoms with E-state index in [9.17, 15) is 19.2 Å². The molecule has 0 aromatic rings. The summed E-state index contributed by atoms with van der Waals surface area (Å²) in [5, 5.41) is 9.02. The molecule has 0 aromatic heterocycles. The summed E-state index contributed by atoms with van der Waals surface area (Å²) < 4.78 is 4.42. The number of cyclic esters (lactones) is 2. The molecule has 1 heterocycles. The third-order valence-corrected chi connectivity index (χ3v) is 3.40. The Kier molecular flexibility index (Phi) is 2.29. The Morgan fingerprint density at radius 1 is 1.50 bits per heavy atom. The van der Waals surface area contributed by atoms with Crippen LogP contribution in [-0.4, -0.2) is 29.3 Å². The Hall–Kier alpha value is -1.72. The molecule has 1 saturated carbocycles. The van der Waals surface area contributed by atoms with Gasteiger partial charge in [0.1, 0.15) is 6.29 Å². The van der Waals surface area contributed by atoms with Gasteiger partial charge >= 0.3 is 17.9 Å². The van der Waals surface area contributed by atoms with E-state index in [0.29, 0.717) is 6.29 Å². The molecule has 0 radical (unpaired) electrons. The number of hydrogen-bond acceptors (Lipinski definition) is 5. The third-order valence-electron chi connectivity index (χ3n) is 3.40. The van der Waals surface area contributed by atoms with Gasteiger partial charge in [0.2, 0.25) is 0 Å². The van der Waals surface area contributed by atoms with Crippen molar-refractivity contribution in [2.75, 3.05) is 0 Å². The Morgan fingerprint density at radius 2 is 2.19 bits per heavy atom. The van der Waals surface area contributed by atoms with Crippen LogP contribution in [0.1, 0.15) is 19.3 Å². The van der Waals surface area contributed by atoms with E-state index in [-0.39, 0.29) is 19.3 Å². The molecule has 1 saturated heterocycles. The molecule has 1 aliphatic heterocycles. The second-order valence-electron chi connectivity index (χ2n) is 4.32. The Morgan fingerprint density at radius 3 is 2.62 bits per heavy atom. The zero-order chi connectivity index (χ0) is 11.9. The molecule has 3 atom stereocenters. The number of esters is 2. The summed E-state index contributed by atoms with van der Waals surface area (Å²) >= 11 is 0. The van der Waals surface area contributed by atoms with Crippen LogP contribution in [0, 0.1) is 17.3 Å². The van der Waals surface area contributed by atoms with Crippen molar-refractivity contribution in [3.05, 3.63) is 0 Å². The van der Waals surface area contributed by atoms with Crippen molar-refractivity contribution in [2.24, 2.45) is 17.3 Å². The van der Waals surface area contributed by atoms with Crippen LogP contribution in [0.15, 0.2) is 0 Å². The largest absolute Gasteiger partial charge is 0.481 e. The van der Waals surface area contributed by atoms with E-state index in [2.05, 4.69) is 4.74 Å². The van der Waals surface area contributed by atoms with Gasteiger partial charge in [0.25, 0.3) is 0 Å². The minimum absolute atomic E-state index is 0.0953. The summed E-state index contributed by atoms with van der Waals surface area (Å²) in [6, 6.07) is 0. The number of aldehydes is 1. The van der Waals surface area contributed by atoms with E-state index in [4.69, 9.17) is 5.11 Å². The first kappa shape index (κ1) is 10.8. The van der Waals surface area contributed by atoms with Crippen LogP contribution in [0.5, 0.6) is 0 Å². The zero-order valence-corrected chi connectivity index (χ0v) is 8.34. The third kappa shape index (κ3) is 1.33. The van der Waals surface area contributed by atoms with Gasteiger partial charge in [0, 0.05) is 5.92 Å². The van der Waals surface area contributed by atoms with Gasteiger partial charge in [-0.3, -0.25) is 14.4 Å². The second-order valence-corrected chi connectivity index (χ2v) is 4.32. The lowest BCUT2D eigenvalue weighted by Crippen LogP contribution is -2.35. The quantitative estimate of drug-likeness (QED) is 0.396. The Bertz CT molecular complexity index is 387. The molecule has 1 N–H and O–H groups in total. The molecule has 86 valence electrons. The predicted octanol–water partition coefficient (Wildman–Crippen LogP) is -0.244. The van der Waals surface area contributed by atoms with E-state index in [1.54, 1.807) is 0 Å². The highest BCUT2D eigenvalue weighted by molar-refractivity contribution is 6.00. The smallest absolute Gasteiger partial charge is 0.321 e. The van der Waals surface area contributed by atoms with E-state index in [1.807, 2.05) is 0 Å². The van der Waals surface area contributed by atoms with Crippen molar-refractivity contribution in [1.29, 1.82) is 0 Å². The predicted molar refractivity (Wildman–Crippen MR) is 48.1 cm³/mol. The molecule has 6 nitrogen and oxygen atoms in total. The number of carbonyl (C=O) groups excluding carboxylic acids is 3. The minimum atomic E-state index is -1.31. The molecule has 0 bridgehead atoms. The highest BCUT2D eigenvalue weighted by Gasteiger charge is 2.61. The molecule has 0 amide bonds. The van der Waals surface area contributed by atoms with E-state index < -0.39 is 35.2 Å². The van der Waals surface area contributed by atoms with Gasteiger partial charge in [0.05, 0.1) is 17.8 Å². The zero-order valence-electron chi connectivity index (χ0n) is 8.34. The van der Waals surface area contributed by atoms with E-state index >= 15 is 0 Å². The first-order valence-corrected chi connectivity index (χ1v) is 4.93. The summed E-state index contributed by atoms with van der Waals surface area (Å²) in [6.45, 7) is 0. The second kappa shape index (κ2) is 3.40. The lowest BCUT2D eigenvalue weighted by atomic mass is 9.76. The van der Waals surface area contributed by atoms with E-state index in [1.165, 1.54) is 0 Å². The molecule has 3 unspecified atom stereocenters. The van der Waals surface area contributed by atoms with Gasteiger partial charge in [-0.05, 0) is 12.8 Å². The van der Waals surface area contributed by atoms with Gasteiger partial charge in [-0.15, -0.1) is 0 Å². The molecule has 1 spiro atoms. The molecular weight excluding hydrogens is 216 g/mol. The SMILES string of the molecule is O=CC1CC(C(=O)O)C2(CC(=O)OC2=O)C1. The summed E-state index contributed by atoms with van der Waals surface area (Å²) in [7, 11) is 0. The van der Waals surface area contributed by atoms with Gasteiger partial charge in [-0.25, -0.2) is 0 Å². The fourth-order valence-corrected chi connectivity index (χ4v) is 2.65. The first-order valence-electron chi connectivity index (χ1n) is 4.93. The van der Waals surface area contributed by atoms with Crippen molar-refractivity contribution >= 4 is 24.2 Å². The number of carbonyl (C=O) groups is 4. The summed E-state index contributed by atoms with van der Waals surface area (Å²) in [6.07, 6.45) is 0.604. The number of carboxylic acids is 1. The van der Waals surface area contributed by atoms with Crippen molar-refractivity contribution in [2.45, 2.75) is 19.3 Å². The maximum Gasteiger partial charge on any atom is 0.321 e. The first-order chi connectivity index (χ1) is 7.49. The number of hydrogen-bond donors (Lipinski definition) is 1. The van der Waals surface area contributed by atoms with Crippen LogP contribution in [0.3, 0.4) is 0 Å². The van der Waals surface area contributed by atoms with Crippen LogP contribution in [0.2, 0.25) is 0 Å². The monoisotopic (exact) mass is 226 g/mol. The van der Waals surface area contributed by atoms with E-state index in [0.717, 1.165) is 0 Å². The Balaban J connectivity index is 2.37. The summed E-state index contributed by atoms with van der Waals surface area (Å²) in [5.74, 6) is -4.14. The van der Waals surface area contributed by atoms with Crippen LogP contribution in [0.25, 0.3) is 0 Å². The minimum Gasteiger partial charge on any atom is -0.481 e. The van der Waals surface area contributed by atoms with Gasteiger partial charge in [-0.2, -0.15) is 0 Å². The number of aliphatic carboxylic acids is 1. The normalized spacial score (nSPS) is 37.8. The fourth-order valence-electron chi connectivity index (χ4n) is 2.65. The van der Waals surface area contributed by atoms with Gasteiger partial charge < -0.3 is 14.6 Å². The van der Waals surface area contributed by atoms with Crippen molar-refractivity contribution in [3.8, 4) is 0 Å². The fraction of sp³-hybridized carbons (Fsp3) is 0.600. The summed E-state index contributed by atoms with van der Waals surface area (Å²) in [5.41, 5.74) is -1.31. The lowest BCUT2D eigenvalue weighted by Gasteiger charge is -2.21. The lowest BCUT2D eigenvalue weighted by molar-refractivity contribution is -0.160.